The number of esters is 1. The molecule has 224 valence electrons. The van der Waals surface area contributed by atoms with Gasteiger partial charge < -0.3 is 14.5 Å². The van der Waals surface area contributed by atoms with Crippen molar-refractivity contribution < 1.29 is 31.8 Å². The topological polar surface area (TPSA) is 68.6 Å². The molecule has 6 rings (SSSR count). The highest BCUT2D eigenvalue weighted by atomic mass is 19.1. The van der Waals surface area contributed by atoms with Crippen molar-refractivity contribution in [3.63, 3.8) is 0 Å². The third-order valence-corrected chi connectivity index (χ3v) is 7.57. The van der Waals surface area contributed by atoms with Crippen molar-refractivity contribution >= 4 is 22.4 Å². The first-order chi connectivity index (χ1) is 21.3. The van der Waals surface area contributed by atoms with Crippen LogP contribution in [0.3, 0.4) is 0 Å². The first-order valence-corrected chi connectivity index (χ1v) is 14.1. The normalized spacial score (nSPS) is 12.1. The van der Waals surface area contributed by atoms with Crippen LogP contribution in [0.2, 0.25) is 0 Å². The van der Waals surface area contributed by atoms with Crippen molar-refractivity contribution in [1.29, 1.82) is 0 Å². The zero-order valence-corrected chi connectivity index (χ0v) is 23.8. The minimum Gasteiger partial charge on any atom is -0.466 e. The highest BCUT2D eigenvalue weighted by Gasteiger charge is 2.24. The number of carbonyl (C=O) groups is 1. The summed E-state index contributed by atoms with van der Waals surface area (Å²) in [5, 5.41) is 0.152. The van der Waals surface area contributed by atoms with Crippen LogP contribution in [0.5, 0.6) is 11.5 Å². The van der Waals surface area contributed by atoms with Gasteiger partial charge >= 0.3 is 5.97 Å². The number of nitrogens with zero attached hydrogens (tertiary/aromatic N) is 2. The minimum absolute atomic E-state index is 0.00305. The molecular formula is C34H27F4N3O3. The summed E-state index contributed by atoms with van der Waals surface area (Å²) >= 11 is 0. The SMILES string of the molecule is CCOC(=O)CCc1cccc(C(C)c2nc(-c3cc(Oc4c(F)cc5[nH]ccc5c4F)ccc3F)n3ccccc23)c1F. The van der Waals surface area contributed by atoms with Crippen LogP contribution in [0, 0.1) is 23.3 Å². The standard InChI is InChI=1S/C34H27F4N3O3/c1-3-43-29(42)13-10-20-7-6-8-22(30(20)37)19(2)32-28-9-4-5-16-41(28)34(40-32)24-17-21(11-12-25(24)35)44-33-26(36)18-27-23(31(33)38)14-15-39-27/h4-9,11-12,14-19,39H,3,10,13H2,1-2H3. The molecule has 3 aromatic heterocycles. The number of fused-ring (bicyclic) bond motifs is 2. The van der Waals surface area contributed by atoms with Gasteiger partial charge in [-0.15, -0.1) is 0 Å². The number of H-pyrrole nitrogens is 1. The van der Waals surface area contributed by atoms with Gasteiger partial charge in [0.15, 0.2) is 17.4 Å². The minimum atomic E-state index is -0.919. The lowest BCUT2D eigenvalue weighted by Crippen LogP contribution is -2.08. The maximum Gasteiger partial charge on any atom is 0.306 e. The molecule has 10 heteroatoms. The monoisotopic (exact) mass is 601 g/mol. The molecule has 6 aromatic rings. The fourth-order valence-corrected chi connectivity index (χ4v) is 5.38. The molecule has 6 nitrogen and oxygen atoms in total. The second kappa shape index (κ2) is 11.9. The predicted octanol–water partition coefficient (Wildman–Crippen LogP) is 8.48. The molecule has 3 heterocycles. The third kappa shape index (κ3) is 5.27. The van der Waals surface area contributed by atoms with E-state index in [1.165, 1.54) is 24.4 Å². The number of aromatic nitrogens is 3. The third-order valence-electron chi connectivity index (χ3n) is 7.57. The lowest BCUT2D eigenvalue weighted by Gasteiger charge is -2.14. The number of nitrogens with one attached hydrogen (secondary N) is 1. The molecule has 0 bridgehead atoms. The molecule has 0 amide bonds. The maximum atomic E-state index is 15.7. The zero-order valence-electron chi connectivity index (χ0n) is 23.8. The first kappa shape index (κ1) is 29.0. The number of hydrogen-bond acceptors (Lipinski definition) is 4. The van der Waals surface area contributed by atoms with Crippen LogP contribution in [-0.4, -0.2) is 26.9 Å². The summed E-state index contributed by atoms with van der Waals surface area (Å²) < 4.78 is 73.1. The van der Waals surface area contributed by atoms with Gasteiger partial charge in [0.2, 0.25) is 0 Å². The summed E-state index contributed by atoms with van der Waals surface area (Å²) in [7, 11) is 0. The molecule has 1 N–H and O–H groups in total. The fourth-order valence-electron chi connectivity index (χ4n) is 5.38. The summed E-state index contributed by atoms with van der Waals surface area (Å²) in [5.74, 6) is -4.27. The number of benzene rings is 3. The number of hydrogen-bond donors (Lipinski definition) is 1. The van der Waals surface area contributed by atoms with Gasteiger partial charge in [0, 0.05) is 36.2 Å². The van der Waals surface area contributed by atoms with Crippen LogP contribution < -0.4 is 4.74 Å². The molecule has 1 unspecified atom stereocenters. The molecule has 0 radical (unpaired) electrons. The number of pyridine rings is 1. The number of rotatable bonds is 9. The second-order valence-corrected chi connectivity index (χ2v) is 10.3. The molecule has 0 aliphatic carbocycles. The second-order valence-electron chi connectivity index (χ2n) is 10.3. The smallest absolute Gasteiger partial charge is 0.306 e. The maximum absolute atomic E-state index is 15.7. The van der Waals surface area contributed by atoms with Gasteiger partial charge in [-0.1, -0.05) is 31.2 Å². The van der Waals surface area contributed by atoms with E-state index in [0.29, 0.717) is 22.3 Å². The van der Waals surface area contributed by atoms with Crippen molar-refractivity contribution in [1.82, 2.24) is 14.4 Å². The van der Waals surface area contributed by atoms with Gasteiger partial charge in [-0.05, 0) is 60.9 Å². The van der Waals surface area contributed by atoms with E-state index >= 15 is 13.2 Å². The Morgan fingerprint density at radius 2 is 1.82 bits per heavy atom. The average molecular weight is 602 g/mol. The Bertz CT molecular complexity index is 2020. The number of ether oxygens (including phenoxy) is 2. The first-order valence-electron chi connectivity index (χ1n) is 14.1. The molecule has 0 aliphatic rings. The van der Waals surface area contributed by atoms with E-state index in [4.69, 9.17) is 14.5 Å². The van der Waals surface area contributed by atoms with Crippen LogP contribution >= 0.6 is 0 Å². The molecule has 0 fully saturated rings. The average Bonchev–Trinajstić information content (AvgIpc) is 3.64. The van der Waals surface area contributed by atoms with Crippen molar-refractivity contribution in [3.8, 4) is 22.9 Å². The van der Waals surface area contributed by atoms with E-state index < -0.39 is 40.9 Å². The van der Waals surface area contributed by atoms with Gasteiger partial charge in [-0.25, -0.2) is 22.5 Å². The van der Waals surface area contributed by atoms with E-state index in [0.717, 1.165) is 12.1 Å². The number of carbonyl (C=O) groups excluding carboxylic acids is 1. The molecule has 44 heavy (non-hydrogen) atoms. The Kier molecular flexibility index (Phi) is 7.82. The number of aromatic amines is 1. The predicted molar refractivity (Wildman–Crippen MR) is 158 cm³/mol. The van der Waals surface area contributed by atoms with Crippen molar-refractivity contribution in [2.45, 2.75) is 32.6 Å². The molecular weight excluding hydrogens is 574 g/mol. The van der Waals surface area contributed by atoms with Crippen LogP contribution in [0.25, 0.3) is 27.8 Å². The fraction of sp³-hybridized carbons (Fsp3) is 0.176. The lowest BCUT2D eigenvalue weighted by atomic mass is 9.93. The highest BCUT2D eigenvalue weighted by Crippen LogP contribution is 2.37. The highest BCUT2D eigenvalue weighted by molar-refractivity contribution is 5.82. The van der Waals surface area contributed by atoms with Gasteiger partial charge in [0.1, 0.15) is 23.2 Å². The molecule has 0 aliphatic heterocycles. The quantitative estimate of drug-likeness (QED) is 0.133. The van der Waals surface area contributed by atoms with Gasteiger partial charge in [0.25, 0.3) is 0 Å². The Morgan fingerprint density at radius 3 is 2.64 bits per heavy atom. The summed E-state index contributed by atoms with van der Waals surface area (Å²) in [6, 6.07) is 16.7. The van der Waals surface area contributed by atoms with Crippen LogP contribution in [-0.2, 0) is 16.0 Å². The summed E-state index contributed by atoms with van der Waals surface area (Å²) in [6.45, 7) is 3.76. The van der Waals surface area contributed by atoms with E-state index in [-0.39, 0.29) is 47.5 Å². The number of imidazole rings is 1. The Balaban J connectivity index is 1.38. The van der Waals surface area contributed by atoms with E-state index in [1.54, 1.807) is 60.8 Å². The van der Waals surface area contributed by atoms with Gasteiger partial charge in [0.05, 0.1) is 28.9 Å². The summed E-state index contributed by atoms with van der Waals surface area (Å²) in [5.41, 5.74) is 2.15. The van der Waals surface area contributed by atoms with Gasteiger partial charge in [-0.2, -0.15) is 0 Å². The lowest BCUT2D eigenvalue weighted by molar-refractivity contribution is -0.143. The van der Waals surface area contributed by atoms with E-state index in [9.17, 15) is 9.18 Å². The molecule has 1 atom stereocenters. The van der Waals surface area contributed by atoms with Crippen LogP contribution in [0.15, 0.2) is 79.1 Å². The molecule has 3 aromatic carbocycles. The molecule has 0 saturated heterocycles. The number of halogens is 4. The molecule has 0 saturated carbocycles. The Morgan fingerprint density at radius 1 is 0.977 bits per heavy atom. The van der Waals surface area contributed by atoms with Crippen LogP contribution in [0.4, 0.5) is 17.6 Å². The Hall–Kier alpha value is -5.12. The zero-order chi connectivity index (χ0) is 31.0. The largest absolute Gasteiger partial charge is 0.466 e. The molecule has 0 spiro atoms. The van der Waals surface area contributed by atoms with Crippen molar-refractivity contribution in [2.24, 2.45) is 0 Å². The van der Waals surface area contributed by atoms with E-state index in [1.807, 2.05) is 0 Å². The van der Waals surface area contributed by atoms with Crippen LogP contribution in [0.1, 0.15) is 43.0 Å². The summed E-state index contributed by atoms with van der Waals surface area (Å²) in [4.78, 5) is 19.4. The van der Waals surface area contributed by atoms with Crippen molar-refractivity contribution in [2.75, 3.05) is 6.61 Å². The number of aryl methyl sites for hydroxylation is 1. The Labute approximate surface area is 249 Å². The van der Waals surface area contributed by atoms with Gasteiger partial charge in [-0.3, -0.25) is 9.20 Å². The summed E-state index contributed by atoms with van der Waals surface area (Å²) in [6.07, 6.45) is 3.41. The van der Waals surface area contributed by atoms with Crippen molar-refractivity contribution in [3.05, 3.63) is 119 Å². The van der Waals surface area contributed by atoms with E-state index in [2.05, 4.69) is 4.98 Å².